The summed E-state index contributed by atoms with van der Waals surface area (Å²) in [5.74, 6) is -0.986. The van der Waals surface area contributed by atoms with Crippen molar-refractivity contribution in [2.45, 2.75) is 78.7 Å². The topological polar surface area (TPSA) is 146 Å². The van der Waals surface area contributed by atoms with E-state index in [-0.39, 0.29) is 30.0 Å². The summed E-state index contributed by atoms with van der Waals surface area (Å²) < 4.78 is 26.5. The highest BCUT2D eigenvalue weighted by atomic mass is 31.2. The molecule has 3 aromatic rings. The van der Waals surface area contributed by atoms with Crippen LogP contribution in [-0.2, 0) is 25.0 Å². The van der Waals surface area contributed by atoms with Crippen molar-refractivity contribution in [3.05, 3.63) is 42.9 Å². The summed E-state index contributed by atoms with van der Waals surface area (Å²) in [6.45, 7) is 9.06. The monoisotopic (exact) mass is 599 g/mol. The third kappa shape index (κ3) is 8.80. The summed E-state index contributed by atoms with van der Waals surface area (Å²) in [4.78, 5) is 32.8. The lowest BCUT2D eigenvalue weighted by Gasteiger charge is -2.20. The molecule has 0 radical (unpaired) electrons. The van der Waals surface area contributed by atoms with Gasteiger partial charge in [0.1, 0.15) is 12.2 Å². The number of anilines is 1. The number of rotatable bonds is 20. The number of aromatic nitrogens is 4. The predicted octanol–water partition coefficient (Wildman–Crippen LogP) is 6.39. The average molecular weight is 600 g/mol. The molecule has 0 aliphatic carbocycles. The van der Waals surface area contributed by atoms with E-state index in [4.69, 9.17) is 9.05 Å². The SMILES string of the molecule is C=CCCCCCCCCCNc1ncc(-c2cc3c(C(C)=O)nn(CC(=O)O)c3cc2P(=O)(OCC)OCC)cn1. The maximum atomic E-state index is 14.0. The van der Waals surface area contributed by atoms with E-state index in [0.29, 0.717) is 28.0 Å². The van der Waals surface area contributed by atoms with Crippen molar-refractivity contribution in [3.8, 4) is 11.1 Å². The Hall–Kier alpha value is -3.40. The molecule has 0 saturated carbocycles. The Bertz CT molecular complexity index is 1400. The first kappa shape index (κ1) is 33.1. The smallest absolute Gasteiger partial charge is 0.362 e. The van der Waals surface area contributed by atoms with E-state index < -0.39 is 20.1 Å². The normalized spacial score (nSPS) is 11.6. The highest BCUT2D eigenvalue weighted by Crippen LogP contribution is 2.50. The summed E-state index contributed by atoms with van der Waals surface area (Å²) in [5, 5.41) is 17.5. The quantitative estimate of drug-likeness (QED) is 0.0648. The zero-order valence-electron chi connectivity index (χ0n) is 24.8. The number of ketones is 1. The van der Waals surface area contributed by atoms with Crippen LogP contribution < -0.4 is 10.6 Å². The third-order valence-electron chi connectivity index (χ3n) is 6.71. The van der Waals surface area contributed by atoms with Crippen molar-refractivity contribution in [2.75, 3.05) is 25.1 Å². The van der Waals surface area contributed by atoms with Crippen molar-refractivity contribution in [3.63, 3.8) is 0 Å². The number of carbonyl (C=O) groups excluding carboxylic acids is 1. The van der Waals surface area contributed by atoms with Gasteiger partial charge in [0.25, 0.3) is 0 Å². The lowest BCUT2D eigenvalue weighted by atomic mass is 10.0. The Balaban J connectivity index is 1.86. The molecule has 11 nitrogen and oxygen atoms in total. The Morgan fingerprint density at radius 2 is 1.64 bits per heavy atom. The first-order chi connectivity index (χ1) is 20.2. The van der Waals surface area contributed by atoms with Crippen LogP contribution in [-0.4, -0.2) is 56.4 Å². The number of benzene rings is 1. The van der Waals surface area contributed by atoms with Crippen molar-refractivity contribution >= 4 is 41.5 Å². The molecule has 2 aromatic heterocycles. The highest BCUT2D eigenvalue weighted by Gasteiger charge is 2.32. The molecule has 3 rings (SSSR count). The predicted molar refractivity (Wildman–Crippen MR) is 165 cm³/mol. The van der Waals surface area contributed by atoms with Gasteiger partial charge in [-0.15, -0.1) is 6.58 Å². The van der Waals surface area contributed by atoms with Crippen molar-refractivity contribution in [1.82, 2.24) is 19.7 Å². The number of carboxylic acid groups (broad SMARTS) is 1. The number of allylic oxidation sites excluding steroid dienone is 1. The molecule has 0 fully saturated rings. The molecule has 1 aromatic carbocycles. The van der Waals surface area contributed by atoms with Crippen LogP contribution in [0.1, 0.15) is 82.6 Å². The highest BCUT2D eigenvalue weighted by molar-refractivity contribution is 7.62. The molecule has 0 atom stereocenters. The first-order valence-corrected chi connectivity index (χ1v) is 16.1. The molecule has 0 saturated heterocycles. The van der Waals surface area contributed by atoms with Crippen molar-refractivity contribution < 1.29 is 28.3 Å². The van der Waals surface area contributed by atoms with Gasteiger partial charge < -0.3 is 19.5 Å². The number of carbonyl (C=O) groups is 2. The van der Waals surface area contributed by atoms with Gasteiger partial charge in [-0.25, -0.2) is 9.97 Å². The molecule has 42 heavy (non-hydrogen) atoms. The number of hydrogen-bond acceptors (Lipinski definition) is 9. The van der Waals surface area contributed by atoms with Gasteiger partial charge in [0.15, 0.2) is 5.78 Å². The van der Waals surface area contributed by atoms with Crippen LogP contribution in [0.15, 0.2) is 37.2 Å². The minimum Gasteiger partial charge on any atom is -0.480 e. The summed E-state index contributed by atoms with van der Waals surface area (Å²) in [6, 6.07) is 3.19. The van der Waals surface area contributed by atoms with Crippen molar-refractivity contribution in [1.29, 1.82) is 0 Å². The van der Waals surface area contributed by atoms with E-state index in [9.17, 15) is 19.3 Å². The fourth-order valence-electron chi connectivity index (χ4n) is 4.75. The van der Waals surface area contributed by atoms with Crippen LogP contribution >= 0.6 is 7.60 Å². The van der Waals surface area contributed by atoms with E-state index in [1.165, 1.54) is 49.8 Å². The average Bonchev–Trinajstić information content (AvgIpc) is 3.31. The largest absolute Gasteiger partial charge is 0.480 e. The van der Waals surface area contributed by atoms with Gasteiger partial charge in [-0.2, -0.15) is 5.10 Å². The molecule has 0 aliphatic heterocycles. The lowest BCUT2D eigenvalue weighted by molar-refractivity contribution is -0.137. The fraction of sp³-hybridized carbons (Fsp3) is 0.500. The molecule has 0 bridgehead atoms. The molecule has 2 N–H and O–H groups in total. The second-order valence-corrected chi connectivity index (χ2v) is 11.9. The van der Waals surface area contributed by atoms with Crippen LogP contribution in [0.3, 0.4) is 0 Å². The molecule has 228 valence electrons. The van der Waals surface area contributed by atoms with Gasteiger partial charge in [-0.3, -0.25) is 18.8 Å². The van der Waals surface area contributed by atoms with E-state index in [2.05, 4.69) is 27.0 Å². The summed E-state index contributed by atoms with van der Waals surface area (Å²) in [5.41, 5.74) is 1.42. The van der Waals surface area contributed by atoms with Crippen molar-refractivity contribution in [2.24, 2.45) is 0 Å². The Morgan fingerprint density at radius 1 is 1.02 bits per heavy atom. The number of unbranched alkanes of at least 4 members (excludes halogenated alkanes) is 7. The standard InChI is InChI=1S/C30H42N5O6P/c1-5-8-9-10-11-12-13-14-15-16-31-30-32-19-23(20-33-30)24-17-25-26(18-27(24)42(39,40-6-2)41-7-3)35(21-28(37)38)34-29(25)22(4)36/h5,17-20H,1,6-16,21H2,2-4H3,(H,37,38)(H,31,32,33). The Kier molecular flexibility index (Phi) is 12.8. The lowest BCUT2D eigenvalue weighted by Crippen LogP contribution is -2.16. The number of Topliss-reactive ketones (excluding diaryl/α,β-unsaturated/α-hetero) is 1. The van der Waals surface area contributed by atoms with Crippen LogP contribution in [0.2, 0.25) is 0 Å². The second kappa shape index (κ2) is 16.3. The Morgan fingerprint density at radius 3 is 2.21 bits per heavy atom. The van der Waals surface area contributed by atoms with Crippen LogP contribution in [0.4, 0.5) is 5.95 Å². The van der Waals surface area contributed by atoms with Gasteiger partial charge in [0, 0.05) is 42.4 Å². The molecule has 2 heterocycles. The second-order valence-electron chi connectivity index (χ2n) is 9.95. The maximum absolute atomic E-state index is 14.0. The van der Waals surface area contributed by atoms with Gasteiger partial charge in [-0.1, -0.05) is 38.2 Å². The summed E-state index contributed by atoms with van der Waals surface area (Å²) in [6.07, 6.45) is 14.6. The molecule has 0 amide bonds. The molecule has 0 spiro atoms. The zero-order valence-corrected chi connectivity index (χ0v) is 25.7. The number of nitrogens with one attached hydrogen (secondary N) is 1. The van der Waals surface area contributed by atoms with Gasteiger partial charge in [0.05, 0.1) is 24.0 Å². The Labute approximate surface area is 247 Å². The van der Waals surface area contributed by atoms with Crippen LogP contribution in [0, 0.1) is 0 Å². The van der Waals surface area contributed by atoms with Crippen LogP contribution in [0.25, 0.3) is 22.0 Å². The van der Waals surface area contributed by atoms with E-state index in [1.54, 1.807) is 32.3 Å². The maximum Gasteiger partial charge on any atom is 0.362 e. The minimum atomic E-state index is -3.85. The molecule has 0 aliphatic rings. The van der Waals surface area contributed by atoms with Crippen LogP contribution in [0.5, 0.6) is 0 Å². The fourth-order valence-corrected chi connectivity index (χ4v) is 6.55. The molecular weight excluding hydrogens is 557 g/mol. The van der Waals surface area contributed by atoms with Gasteiger partial charge >= 0.3 is 13.6 Å². The number of nitrogens with zero attached hydrogens (tertiary/aromatic N) is 4. The zero-order chi connectivity index (χ0) is 30.5. The van der Waals surface area contributed by atoms with E-state index in [0.717, 1.165) is 25.8 Å². The molecule has 12 heteroatoms. The van der Waals surface area contributed by atoms with E-state index in [1.807, 2.05) is 6.08 Å². The molecular formula is C30H42N5O6P. The summed E-state index contributed by atoms with van der Waals surface area (Å²) in [7, 11) is -3.85. The molecule has 0 unspecified atom stereocenters. The van der Waals surface area contributed by atoms with Gasteiger partial charge in [0.2, 0.25) is 5.95 Å². The number of hydrogen-bond donors (Lipinski definition) is 2. The summed E-state index contributed by atoms with van der Waals surface area (Å²) >= 11 is 0. The third-order valence-corrected chi connectivity index (χ3v) is 8.87. The number of fused-ring (bicyclic) bond motifs is 1. The first-order valence-electron chi connectivity index (χ1n) is 14.6. The number of carboxylic acids is 1. The minimum absolute atomic E-state index is 0.109. The van der Waals surface area contributed by atoms with E-state index >= 15 is 0 Å². The van der Waals surface area contributed by atoms with Gasteiger partial charge in [-0.05, 0) is 45.2 Å². The number of aliphatic carboxylic acids is 1.